The summed E-state index contributed by atoms with van der Waals surface area (Å²) < 4.78 is 1.59. The van der Waals surface area contributed by atoms with Crippen LogP contribution >= 0.6 is 0 Å². The van der Waals surface area contributed by atoms with Crippen molar-refractivity contribution in [1.82, 2.24) is 25.1 Å². The number of H-pyrrole nitrogens is 1. The number of anilines is 1. The van der Waals surface area contributed by atoms with Crippen molar-refractivity contribution in [3.8, 4) is 0 Å². The molecule has 1 aliphatic rings. The van der Waals surface area contributed by atoms with Gasteiger partial charge in [0, 0.05) is 19.3 Å². The number of hydrogen-bond acceptors (Lipinski definition) is 5. The molecule has 1 aliphatic heterocycles. The lowest BCUT2D eigenvalue weighted by atomic mass is 10.2. The Hall–Kier alpha value is -3.42. The average molecular weight is 392 g/mol. The van der Waals surface area contributed by atoms with Gasteiger partial charge < -0.3 is 10.2 Å². The summed E-state index contributed by atoms with van der Waals surface area (Å²) in [5.74, 6) is 0.680. The zero-order valence-corrected chi connectivity index (χ0v) is 16.6. The van der Waals surface area contributed by atoms with E-state index in [1.54, 1.807) is 10.9 Å². The normalized spacial score (nSPS) is 16.3. The number of piperazine rings is 1. The van der Waals surface area contributed by atoms with Crippen molar-refractivity contribution in [3.63, 3.8) is 0 Å². The van der Waals surface area contributed by atoms with E-state index in [0.29, 0.717) is 40.8 Å². The highest BCUT2D eigenvalue weighted by Crippen LogP contribution is 2.23. The Morgan fingerprint density at radius 2 is 2.14 bits per heavy atom. The maximum absolute atomic E-state index is 12.9. The molecule has 0 aliphatic carbocycles. The van der Waals surface area contributed by atoms with Gasteiger partial charge in [0.05, 0.1) is 29.0 Å². The molecule has 2 N–H and O–H groups in total. The second kappa shape index (κ2) is 7.90. The monoisotopic (exact) mass is 392 g/mol. The first kappa shape index (κ1) is 18.9. The van der Waals surface area contributed by atoms with Crippen LogP contribution < -0.4 is 15.8 Å². The van der Waals surface area contributed by atoms with Gasteiger partial charge in [0.1, 0.15) is 11.3 Å². The van der Waals surface area contributed by atoms with Gasteiger partial charge in [0.25, 0.3) is 5.56 Å². The Morgan fingerprint density at radius 3 is 2.93 bits per heavy atom. The van der Waals surface area contributed by atoms with Gasteiger partial charge in [-0.3, -0.25) is 19.7 Å². The third kappa shape index (κ3) is 3.65. The minimum atomic E-state index is -0.138. The Bertz CT molecular complexity index is 1170. The predicted molar refractivity (Wildman–Crippen MR) is 114 cm³/mol. The molecule has 0 radical (unpaired) electrons. The molecule has 3 aromatic heterocycles. The number of nitrogens with zero attached hydrogens (tertiary/aromatic N) is 4. The molecule has 0 bridgehead atoms. The number of carbonyl (C=O) groups is 1. The van der Waals surface area contributed by atoms with Crippen LogP contribution in [0.5, 0.6) is 0 Å². The molecule has 4 rings (SSSR count). The van der Waals surface area contributed by atoms with E-state index >= 15 is 0 Å². The number of fused-ring (bicyclic) bond motifs is 3. The zero-order chi connectivity index (χ0) is 20.4. The van der Waals surface area contributed by atoms with Crippen molar-refractivity contribution in [1.29, 1.82) is 0 Å². The first-order chi connectivity index (χ1) is 14.1. The molecule has 0 aromatic carbocycles. The number of allylic oxidation sites excluding steroid dienone is 4. The molecular formula is C21H24N6O2. The van der Waals surface area contributed by atoms with Crippen LogP contribution in [0.15, 0.2) is 47.4 Å². The molecule has 3 aromatic rings. The van der Waals surface area contributed by atoms with Crippen LogP contribution in [0.3, 0.4) is 0 Å². The van der Waals surface area contributed by atoms with Crippen molar-refractivity contribution < 1.29 is 4.79 Å². The lowest BCUT2D eigenvalue weighted by Gasteiger charge is -2.27. The molecule has 1 atom stereocenters. The Labute approximate surface area is 167 Å². The summed E-state index contributed by atoms with van der Waals surface area (Å²) >= 11 is 0. The summed E-state index contributed by atoms with van der Waals surface area (Å²) in [7, 11) is 0. The van der Waals surface area contributed by atoms with E-state index in [4.69, 9.17) is 4.98 Å². The van der Waals surface area contributed by atoms with E-state index in [1.807, 2.05) is 42.2 Å². The molecule has 1 unspecified atom stereocenters. The van der Waals surface area contributed by atoms with Gasteiger partial charge in [-0.05, 0) is 25.5 Å². The fourth-order valence-electron chi connectivity index (χ4n) is 3.45. The second-order valence-electron chi connectivity index (χ2n) is 7.10. The van der Waals surface area contributed by atoms with E-state index in [9.17, 15) is 9.59 Å². The first-order valence-electron chi connectivity index (χ1n) is 9.83. The zero-order valence-electron chi connectivity index (χ0n) is 16.6. The molecular weight excluding hydrogens is 368 g/mol. The summed E-state index contributed by atoms with van der Waals surface area (Å²) in [4.78, 5) is 35.7. The third-order valence-electron chi connectivity index (χ3n) is 5.02. The van der Waals surface area contributed by atoms with Crippen LogP contribution in [-0.4, -0.2) is 45.3 Å². The number of carbonyl (C=O) groups excluding carboxylic acids is 1. The van der Waals surface area contributed by atoms with E-state index < -0.39 is 0 Å². The van der Waals surface area contributed by atoms with Crippen molar-refractivity contribution in [2.45, 2.75) is 26.3 Å². The van der Waals surface area contributed by atoms with Gasteiger partial charge in [-0.15, -0.1) is 0 Å². The van der Waals surface area contributed by atoms with Crippen molar-refractivity contribution in [2.24, 2.45) is 0 Å². The maximum atomic E-state index is 12.9. The molecule has 1 amide bonds. The van der Waals surface area contributed by atoms with Crippen LogP contribution in [-0.2, 0) is 4.79 Å². The minimum absolute atomic E-state index is 0.0215. The maximum Gasteiger partial charge on any atom is 0.276 e. The molecule has 150 valence electrons. The highest BCUT2D eigenvalue weighted by molar-refractivity contribution is 6.00. The van der Waals surface area contributed by atoms with Gasteiger partial charge in [-0.1, -0.05) is 31.2 Å². The van der Waals surface area contributed by atoms with E-state index in [2.05, 4.69) is 28.4 Å². The molecule has 8 heteroatoms. The van der Waals surface area contributed by atoms with Gasteiger partial charge in [-0.2, -0.15) is 0 Å². The average Bonchev–Trinajstić information content (AvgIpc) is 3.08. The van der Waals surface area contributed by atoms with Crippen molar-refractivity contribution >= 4 is 33.7 Å². The van der Waals surface area contributed by atoms with E-state index in [-0.39, 0.29) is 24.1 Å². The number of nitrogens with one attached hydrogen (secondary N) is 2. The van der Waals surface area contributed by atoms with Gasteiger partial charge >= 0.3 is 0 Å². The molecule has 4 heterocycles. The van der Waals surface area contributed by atoms with E-state index in [0.717, 1.165) is 6.42 Å². The number of pyridine rings is 2. The van der Waals surface area contributed by atoms with Gasteiger partial charge in [0.2, 0.25) is 5.91 Å². The number of rotatable bonds is 5. The number of hydrogen-bond donors (Lipinski definition) is 2. The molecule has 8 nitrogen and oxygen atoms in total. The third-order valence-corrected chi connectivity index (χ3v) is 5.02. The highest BCUT2D eigenvalue weighted by atomic mass is 16.2. The largest absolute Gasteiger partial charge is 0.353 e. The fourth-order valence-corrected chi connectivity index (χ4v) is 3.45. The predicted octanol–water partition coefficient (Wildman–Crippen LogP) is 2.29. The van der Waals surface area contributed by atoms with Crippen LogP contribution in [0.4, 0.5) is 5.82 Å². The minimum Gasteiger partial charge on any atom is -0.353 e. The number of aromatic nitrogens is 4. The van der Waals surface area contributed by atoms with Crippen LogP contribution in [0.2, 0.25) is 0 Å². The van der Waals surface area contributed by atoms with Gasteiger partial charge in [-0.25, -0.2) is 9.67 Å². The van der Waals surface area contributed by atoms with Crippen molar-refractivity contribution in [2.75, 3.05) is 24.5 Å². The Balaban J connectivity index is 1.77. The van der Waals surface area contributed by atoms with Crippen molar-refractivity contribution in [3.05, 3.63) is 53.0 Å². The molecule has 0 spiro atoms. The lowest BCUT2D eigenvalue weighted by molar-refractivity contribution is -0.120. The standard InChI is InChI=1S/C21H24N6O2/c1-3-4-5-6-7-14(2)27-21(29)15-12-23-16-8-9-17(24-20(16)19(15)25-27)26-11-10-22-18(28)13-26/h4-9,12,14,25H,3,10-11,13H2,1-2H3,(H,22,28)/b5-4-,7-6-. The summed E-state index contributed by atoms with van der Waals surface area (Å²) in [6, 6.07) is 3.60. The highest BCUT2D eigenvalue weighted by Gasteiger charge is 2.19. The molecule has 29 heavy (non-hydrogen) atoms. The SMILES string of the molecule is CC/C=C\C=C/C(C)n1[nH]c2c(cnc3ccc(N4CCNC(=O)C4)nc32)c1=O. The quantitative estimate of drug-likeness (QED) is 0.650. The van der Waals surface area contributed by atoms with Crippen LogP contribution in [0.1, 0.15) is 26.3 Å². The molecule has 0 saturated carbocycles. The number of aromatic amines is 1. The summed E-state index contributed by atoms with van der Waals surface area (Å²) in [5, 5.41) is 6.53. The molecule has 1 saturated heterocycles. The number of amides is 1. The second-order valence-corrected chi connectivity index (χ2v) is 7.10. The Morgan fingerprint density at radius 1 is 1.28 bits per heavy atom. The first-order valence-corrected chi connectivity index (χ1v) is 9.83. The van der Waals surface area contributed by atoms with E-state index in [1.165, 1.54) is 0 Å². The lowest BCUT2D eigenvalue weighted by Crippen LogP contribution is -2.48. The molecule has 1 fully saturated rings. The summed E-state index contributed by atoms with van der Waals surface area (Å²) in [6.07, 6.45) is 10.5. The summed E-state index contributed by atoms with van der Waals surface area (Å²) in [6.45, 7) is 5.58. The topological polar surface area (TPSA) is 95.9 Å². The van der Waals surface area contributed by atoms with Gasteiger partial charge in [0.15, 0.2) is 0 Å². The van der Waals surface area contributed by atoms with Crippen LogP contribution in [0, 0.1) is 0 Å². The smallest absolute Gasteiger partial charge is 0.276 e. The fraction of sp³-hybridized carbons (Fsp3) is 0.333. The summed E-state index contributed by atoms with van der Waals surface area (Å²) in [5.41, 5.74) is 1.86. The van der Waals surface area contributed by atoms with Crippen LogP contribution in [0.25, 0.3) is 21.9 Å². The Kier molecular flexibility index (Phi) is 5.16.